The summed E-state index contributed by atoms with van der Waals surface area (Å²) in [7, 11) is 3.08. The molecule has 2 rings (SSSR count). The summed E-state index contributed by atoms with van der Waals surface area (Å²) in [6.07, 6.45) is 2.64. The Morgan fingerprint density at radius 2 is 2.12 bits per heavy atom. The van der Waals surface area contributed by atoms with E-state index in [9.17, 15) is 14.7 Å². The summed E-state index contributed by atoms with van der Waals surface area (Å²) < 4.78 is 10.7. The number of nitrogens with zero attached hydrogens (tertiary/aromatic N) is 1. The van der Waals surface area contributed by atoms with E-state index in [1.165, 1.54) is 12.0 Å². The van der Waals surface area contributed by atoms with Gasteiger partial charge >= 0.3 is 5.97 Å². The molecule has 1 amide bonds. The normalized spacial score (nSPS) is 17.1. The lowest BCUT2D eigenvalue weighted by molar-refractivity contribution is -0.145. The summed E-state index contributed by atoms with van der Waals surface area (Å²) in [5.74, 6) is -0.265. The van der Waals surface area contributed by atoms with Gasteiger partial charge in [-0.15, -0.1) is 0 Å². The van der Waals surface area contributed by atoms with Crippen LogP contribution in [0.2, 0.25) is 0 Å². The lowest BCUT2D eigenvalue weighted by atomic mass is 10.1. The summed E-state index contributed by atoms with van der Waals surface area (Å²) in [6, 6.07) is 4.29. The molecule has 1 aromatic carbocycles. The predicted octanol–water partition coefficient (Wildman–Crippen LogP) is 3.16. The van der Waals surface area contributed by atoms with Gasteiger partial charge in [0.2, 0.25) is 0 Å². The maximum atomic E-state index is 12.7. The molecular weight excluding hydrogens is 362 g/mol. The molecule has 1 fully saturated rings. The zero-order valence-electron chi connectivity index (χ0n) is 14.1. The minimum atomic E-state index is -1.05. The topological polar surface area (TPSA) is 76.1 Å². The highest BCUT2D eigenvalue weighted by Gasteiger charge is 2.40. The van der Waals surface area contributed by atoms with Gasteiger partial charge in [-0.25, -0.2) is 4.79 Å². The van der Waals surface area contributed by atoms with E-state index in [1.807, 2.05) is 6.92 Å². The molecule has 6 nitrogen and oxygen atoms in total. The molecule has 0 spiro atoms. The zero-order valence-corrected chi connectivity index (χ0v) is 15.8. The van der Waals surface area contributed by atoms with Crippen molar-refractivity contribution in [2.75, 3.05) is 14.2 Å². The maximum absolute atomic E-state index is 12.7. The molecule has 0 unspecified atom stereocenters. The number of amides is 1. The highest BCUT2D eigenvalue weighted by Crippen LogP contribution is 2.36. The maximum Gasteiger partial charge on any atom is 0.326 e. The van der Waals surface area contributed by atoms with Crippen molar-refractivity contribution in [1.82, 2.24) is 4.90 Å². The van der Waals surface area contributed by atoms with E-state index < -0.39 is 17.9 Å². The van der Waals surface area contributed by atoms with E-state index in [4.69, 9.17) is 21.7 Å². The summed E-state index contributed by atoms with van der Waals surface area (Å²) in [6.45, 7) is 1.87. The number of benzene rings is 1. The van der Waals surface area contributed by atoms with Crippen LogP contribution in [-0.2, 0) is 9.59 Å². The molecule has 1 saturated heterocycles. The predicted molar refractivity (Wildman–Crippen MR) is 101 cm³/mol. The van der Waals surface area contributed by atoms with Crippen molar-refractivity contribution >= 4 is 46.3 Å². The molecule has 0 radical (unpaired) electrons. The van der Waals surface area contributed by atoms with Crippen molar-refractivity contribution < 1.29 is 24.2 Å². The van der Waals surface area contributed by atoms with E-state index in [2.05, 4.69) is 0 Å². The average molecular weight is 381 g/mol. The number of thioether (sulfide) groups is 1. The Balaban J connectivity index is 2.36. The molecule has 0 aromatic heterocycles. The van der Waals surface area contributed by atoms with Crippen LogP contribution >= 0.6 is 24.0 Å². The largest absolute Gasteiger partial charge is 0.497 e. The Labute approximate surface area is 155 Å². The smallest absolute Gasteiger partial charge is 0.326 e. The van der Waals surface area contributed by atoms with Crippen molar-refractivity contribution in [3.05, 3.63) is 28.7 Å². The molecule has 0 aliphatic carbocycles. The number of methoxy groups -OCH3 is 2. The SMILES string of the molecule is CCC[C@H](C(=O)O)N1C(=O)/C(=C/c2ccc(OC)cc2OC)SC1=S. The lowest BCUT2D eigenvalue weighted by Gasteiger charge is -2.22. The highest BCUT2D eigenvalue weighted by molar-refractivity contribution is 8.26. The van der Waals surface area contributed by atoms with E-state index in [0.29, 0.717) is 34.8 Å². The molecule has 25 heavy (non-hydrogen) atoms. The van der Waals surface area contributed by atoms with Crippen LogP contribution in [0.5, 0.6) is 11.5 Å². The molecule has 0 bridgehead atoms. The Hall–Kier alpha value is -2.06. The Bertz CT molecular complexity index is 732. The van der Waals surface area contributed by atoms with Crippen molar-refractivity contribution in [1.29, 1.82) is 0 Å². The van der Waals surface area contributed by atoms with Gasteiger partial charge in [-0.05, 0) is 24.6 Å². The van der Waals surface area contributed by atoms with Crippen molar-refractivity contribution in [2.24, 2.45) is 0 Å². The van der Waals surface area contributed by atoms with Gasteiger partial charge in [0.15, 0.2) is 0 Å². The molecule has 1 aliphatic rings. The average Bonchev–Trinajstić information content (AvgIpc) is 2.86. The quantitative estimate of drug-likeness (QED) is 0.574. The number of rotatable bonds is 7. The van der Waals surface area contributed by atoms with Gasteiger partial charge in [0.1, 0.15) is 21.9 Å². The number of hydrogen-bond donors (Lipinski definition) is 1. The summed E-state index contributed by atoms with van der Waals surface area (Å²) in [5, 5.41) is 9.40. The van der Waals surface area contributed by atoms with Crippen LogP contribution in [0.25, 0.3) is 6.08 Å². The molecule has 134 valence electrons. The number of carboxylic acids is 1. The van der Waals surface area contributed by atoms with Gasteiger partial charge in [0.25, 0.3) is 5.91 Å². The standard InChI is InChI=1S/C17H19NO5S2/c1-4-5-12(16(20)21)18-15(19)14(25-17(18)24)8-10-6-7-11(22-2)9-13(10)23-3/h6-9,12H,4-5H2,1-3H3,(H,20,21)/b14-8-/t12-/m1/s1. The minimum absolute atomic E-state index is 0.254. The molecule has 1 N–H and O–H groups in total. The highest BCUT2D eigenvalue weighted by atomic mass is 32.2. The monoisotopic (exact) mass is 381 g/mol. The number of carboxylic acid groups (broad SMARTS) is 1. The van der Waals surface area contributed by atoms with Crippen LogP contribution < -0.4 is 9.47 Å². The van der Waals surface area contributed by atoms with Gasteiger partial charge in [-0.3, -0.25) is 9.69 Å². The Kier molecular flexibility index (Phi) is 6.44. The van der Waals surface area contributed by atoms with Crippen molar-refractivity contribution in [3.63, 3.8) is 0 Å². The first kappa shape index (κ1) is 19.3. The van der Waals surface area contributed by atoms with Crippen LogP contribution in [0.3, 0.4) is 0 Å². The second kappa shape index (κ2) is 8.35. The Morgan fingerprint density at radius 1 is 1.40 bits per heavy atom. The van der Waals surface area contributed by atoms with Crippen LogP contribution in [0.1, 0.15) is 25.3 Å². The van der Waals surface area contributed by atoms with Crippen LogP contribution in [-0.4, -0.2) is 46.5 Å². The fraction of sp³-hybridized carbons (Fsp3) is 0.353. The van der Waals surface area contributed by atoms with Crippen LogP contribution in [0, 0.1) is 0 Å². The summed E-state index contributed by atoms with van der Waals surface area (Å²) >= 11 is 6.33. The molecule has 1 heterocycles. The van der Waals surface area contributed by atoms with Gasteiger partial charge < -0.3 is 14.6 Å². The molecule has 0 saturated carbocycles. The number of carbonyl (C=O) groups is 2. The van der Waals surface area contributed by atoms with Gasteiger partial charge in [0, 0.05) is 11.6 Å². The van der Waals surface area contributed by atoms with E-state index in [1.54, 1.807) is 31.4 Å². The fourth-order valence-corrected chi connectivity index (χ4v) is 3.81. The minimum Gasteiger partial charge on any atom is -0.497 e. The second-order valence-corrected chi connectivity index (χ2v) is 6.98. The van der Waals surface area contributed by atoms with Crippen LogP contribution in [0.15, 0.2) is 23.1 Å². The molecule has 1 aliphatic heterocycles. The first-order valence-corrected chi connectivity index (χ1v) is 8.87. The van der Waals surface area contributed by atoms with E-state index in [0.717, 1.165) is 11.8 Å². The zero-order chi connectivity index (χ0) is 18.6. The van der Waals surface area contributed by atoms with E-state index >= 15 is 0 Å². The number of carbonyl (C=O) groups excluding carboxylic acids is 1. The van der Waals surface area contributed by atoms with Gasteiger partial charge in [-0.2, -0.15) is 0 Å². The first-order chi connectivity index (χ1) is 11.9. The molecule has 1 atom stereocenters. The molecule has 1 aromatic rings. The third-order valence-electron chi connectivity index (χ3n) is 3.71. The number of ether oxygens (including phenoxy) is 2. The summed E-state index contributed by atoms with van der Waals surface area (Å²) in [5.41, 5.74) is 0.686. The first-order valence-electron chi connectivity index (χ1n) is 7.64. The number of thiocarbonyl (C=S) groups is 1. The van der Waals surface area contributed by atoms with Gasteiger partial charge in [0.05, 0.1) is 19.1 Å². The van der Waals surface area contributed by atoms with Crippen LogP contribution in [0.4, 0.5) is 0 Å². The Morgan fingerprint density at radius 3 is 2.68 bits per heavy atom. The van der Waals surface area contributed by atoms with Crippen molar-refractivity contribution in [2.45, 2.75) is 25.8 Å². The third-order valence-corrected chi connectivity index (χ3v) is 5.04. The fourth-order valence-electron chi connectivity index (χ4n) is 2.46. The van der Waals surface area contributed by atoms with E-state index in [-0.39, 0.29) is 4.32 Å². The molecular formula is C17H19NO5S2. The molecule has 8 heteroatoms. The lowest BCUT2D eigenvalue weighted by Crippen LogP contribution is -2.43. The van der Waals surface area contributed by atoms with Crippen molar-refractivity contribution in [3.8, 4) is 11.5 Å². The number of aliphatic carboxylic acids is 1. The summed E-state index contributed by atoms with van der Waals surface area (Å²) in [4.78, 5) is 25.7. The second-order valence-electron chi connectivity index (χ2n) is 5.30. The number of hydrogen-bond acceptors (Lipinski definition) is 6. The van der Waals surface area contributed by atoms with Gasteiger partial charge in [-0.1, -0.05) is 37.3 Å². The third kappa shape index (κ3) is 4.13.